The van der Waals surface area contributed by atoms with Crippen LogP contribution in [0.2, 0.25) is 0 Å². The Bertz CT molecular complexity index is 784. The average Bonchev–Trinajstić information content (AvgIpc) is 2.49. The van der Waals surface area contributed by atoms with Gasteiger partial charge in [0.1, 0.15) is 11.6 Å². The van der Waals surface area contributed by atoms with Gasteiger partial charge in [-0.3, -0.25) is 0 Å². The minimum atomic E-state index is -0.271. The van der Waals surface area contributed by atoms with Gasteiger partial charge in [0, 0.05) is 17.1 Å². The maximum absolute atomic E-state index is 13.0. The molecular weight excluding hydrogens is 279 g/mol. The highest BCUT2D eigenvalue weighted by Gasteiger charge is 2.08. The maximum atomic E-state index is 13.0. The number of para-hydroxylation sites is 1. The van der Waals surface area contributed by atoms with E-state index in [9.17, 15) is 4.39 Å². The fourth-order valence-corrected chi connectivity index (χ4v) is 2.18. The van der Waals surface area contributed by atoms with Gasteiger partial charge >= 0.3 is 0 Å². The first kappa shape index (κ1) is 14.3. The zero-order valence-electron chi connectivity index (χ0n) is 12.5. The predicted molar refractivity (Wildman–Crippen MR) is 88.0 cm³/mol. The van der Waals surface area contributed by atoms with Crippen LogP contribution < -0.4 is 10.6 Å². The summed E-state index contributed by atoms with van der Waals surface area (Å²) in [6, 6.07) is 14.2. The Labute approximate surface area is 128 Å². The number of fused-ring (bicyclic) bond motifs is 1. The Morgan fingerprint density at radius 3 is 2.41 bits per heavy atom. The number of aromatic nitrogens is 2. The molecule has 0 aliphatic carbocycles. The summed E-state index contributed by atoms with van der Waals surface area (Å²) in [5.74, 6) is 0.991. The lowest BCUT2D eigenvalue weighted by Crippen LogP contribution is -2.12. The van der Waals surface area contributed by atoms with Crippen LogP contribution in [0.15, 0.2) is 48.5 Å². The van der Waals surface area contributed by atoms with E-state index in [1.165, 1.54) is 12.1 Å². The Morgan fingerprint density at radius 1 is 0.955 bits per heavy atom. The summed E-state index contributed by atoms with van der Waals surface area (Å²) < 4.78 is 13.0. The second-order valence-electron chi connectivity index (χ2n) is 5.34. The van der Waals surface area contributed by atoms with Crippen molar-refractivity contribution in [2.75, 3.05) is 10.6 Å². The van der Waals surface area contributed by atoms with Gasteiger partial charge < -0.3 is 10.6 Å². The first-order valence-electron chi connectivity index (χ1n) is 7.18. The summed E-state index contributed by atoms with van der Waals surface area (Å²) in [6.07, 6.45) is 0. The molecule has 0 aliphatic heterocycles. The number of anilines is 3. The smallest absolute Gasteiger partial charge is 0.229 e. The van der Waals surface area contributed by atoms with E-state index >= 15 is 0 Å². The zero-order chi connectivity index (χ0) is 15.5. The predicted octanol–water partition coefficient (Wildman–Crippen LogP) is 4.33. The molecule has 0 bridgehead atoms. The lowest BCUT2D eigenvalue weighted by molar-refractivity contribution is 0.628. The van der Waals surface area contributed by atoms with Crippen LogP contribution in [0, 0.1) is 5.82 Å². The summed E-state index contributed by atoms with van der Waals surface area (Å²) in [7, 11) is 0. The van der Waals surface area contributed by atoms with E-state index < -0.39 is 0 Å². The van der Waals surface area contributed by atoms with Gasteiger partial charge in [-0.05, 0) is 50.2 Å². The molecule has 0 spiro atoms. The van der Waals surface area contributed by atoms with Crippen LogP contribution in [0.1, 0.15) is 13.8 Å². The summed E-state index contributed by atoms with van der Waals surface area (Å²) in [6.45, 7) is 4.12. The number of rotatable bonds is 4. The van der Waals surface area contributed by atoms with Crippen molar-refractivity contribution in [3.63, 3.8) is 0 Å². The van der Waals surface area contributed by atoms with E-state index in [1.54, 1.807) is 12.1 Å². The molecule has 2 N–H and O–H groups in total. The molecule has 112 valence electrons. The molecule has 1 aromatic heterocycles. The van der Waals surface area contributed by atoms with Gasteiger partial charge in [-0.15, -0.1) is 0 Å². The maximum Gasteiger partial charge on any atom is 0.229 e. The molecule has 0 amide bonds. The molecule has 0 fully saturated rings. The molecule has 0 radical (unpaired) electrons. The standard InChI is InChI=1S/C17H17FN4/c1-11(2)19-16-14-5-3-4-6-15(14)21-17(22-16)20-13-9-7-12(18)8-10-13/h3-11H,1-2H3,(H2,19,20,21,22). The number of hydrogen-bond donors (Lipinski definition) is 2. The minimum absolute atomic E-state index is 0.261. The van der Waals surface area contributed by atoms with Crippen LogP contribution in [0.4, 0.5) is 21.8 Å². The lowest BCUT2D eigenvalue weighted by atomic mass is 10.2. The van der Waals surface area contributed by atoms with Gasteiger partial charge in [0.2, 0.25) is 5.95 Å². The number of benzene rings is 2. The molecule has 0 aliphatic rings. The Kier molecular flexibility index (Phi) is 3.87. The van der Waals surface area contributed by atoms with Crippen molar-refractivity contribution >= 4 is 28.4 Å². The van der Waals surface area contributed by atoms with E-state index in [2.05, 4.69) is 34.4 Å². The Hall–Kier alpha value is -2.69. The average molecular weight is 296 g/mol. The molecule has 0 unspecified atom stereocenters. The zero-order valence-corrected chi connectivity index (χ0v) is 12.5. The molecule has 3 rings (SSSR count). The molecule has 22 heavy (non-hydrogen) atoms. The second kappa shape index (κ2) is 5.97. The van der Waals surface area contributed by atoms with Crippen LogP contribution >= 0.6 is 0 Å². The van der Waals surface area contributed by atoms with Crippen molar-refractivity contribution in [1.82, 2.24) is 9.97 Å². The highest BCUT2D eigenvalue weighted by molar-refractivity contribution is 5.90. The van der Waals surface area contributed by atoms with E-state index in [4.69, 9.17) is 0 Å². The Morgan fingerprint density at radius 2 is 1.68 bits per heavy atom. The van der Waals surface area contributed by atoms with Crippen LogP contribution in [-0.4, -0.2) is 16.0 Å². The molecule has 0 atom stereocenters. The minimum Gasteiger partial charge on any atom is -0.367 e. The van der Waals surface area contributed by atoms with Crippen LogP contribution in [0.5, 0.6) is 0 Å². The van der Waals surface area contributed by atoms with E-state index in [-0.39, 0.29) is 11.9 Å². The van der Waals surface area contributed by atoms with Gasteiger partial charge in [-0.1, -0.05) is 12.1 Å². The SMILES string of the molecule is CC(C)Nc1nc(Nc2ccc(F)cc2)nc2ccccc12. The monoisotopic (exact) mass is 296 g/mol. The number of halogens is 1. The second-order valence-corrected chi connectivity index (χ2v) is 5.34. The van der Waals surface area contributed by atoms with Gasteiger partial charge in [0.25, 0.3) is 0 Å². The van der Waals surface area contributed by atoms with Crippen molar-refractivity contribution in [2.45, 2.75) is 19.9 Å². The highest BCUT2D eigenvalue weighted by Crippen LogP contribution is 2.24. The molecule has 0 saturated carbocycles. The van der Waals surface area contributed by atoms with Crippen molar-refractivity contribution in [3.05, 3.63) is 54.3 Å². The summed E-state index contributed by atoms with van der Waals surface area (Å²) in [4.78, 5) is 9.04. The largest absolute Gasteiger partial charge is 0.367 e. The molecular formula is C17H17FN4. The number of nitrogens with one attached hydrogen (secondary N) is 2. The van der Waals surface area contributed by atoms with Crippen molar-refractivity contribution in [1.29, 1.82) is 0 Å². The normalized spacial score (nSPS) is 10.9. The molecule has 1 heterocycles. The molecule has 0 saturated heterocycles. The fraction of sp³-hybridized carbons (Fsp3) is 0.176. The molecule has 4 nitrogen and oxygen atoms in total. The summed E-state index contributed by atoms with van der Waals surface area (Å²) in [5.41, 5.74) is 1.59. The van der Waals surface area contributed by atoms with Crippen molar-refractivity contribution in [2.24, 2.45) is 0 Å². The van der Waals surface area contributed by atoms with Crippen molar-refractivity contribution in [3.8, 4) is 0 Å². The lowest BCUT2D eigenvalue weighted by Gasteiger charge is -2.13. The quantitative estimate of drug-likeness (QED) is 0.752. The summed E-state index contributed by atoms with van der Waals surface area (Å²) >= 11 is 0. The first-order valence-corrected chi connectivity index (χ1v) is 7.18. The van der Waals surface area contributed by atoms with E-state index in [0.29, 0.717) is 5.95 Å². The third kappa shape index (κ3) is 3.14. The molecule has 2 aromatic carbocycles. The van der Waals surface area contributed by atoms with Crippen LogP contribution in [0.25, 0.3) is 10.9 Å². The van der Waals surface area contributed by atoms with Gasteiger partial charge in [-0.25, -0.2) is 9.37 Å². The van der Waals surface area contributed by atoms with Crippen LogP contribution in [0.3, 0.4) is 0 Å². The van der Waals surface area contributed by atoms with Crippen molar-refractivity contribution < 1.29 is 4.39 Å². The molecule has 5 heteroatoms. The van der Waals surface area contributed by atoms with E-state index in [0.717, 1.165) is 22.4 Å². The number of hydrogen-bond acceptors (Lipinski definition) is 4. The van der Waals surface area contributed by atoms with Gasteiger partial charge in [0.05, 0.1) is 5.52 Å². The highest BCUT2D eigenvalue weighted by atomic mass is 19.1. The topological polar surface area (TPSA) is 49.8 Å². The first-order chi connectivity index (χ1) is 10.6. The van der Waals surface area contributed by atoms with Gasteiger partial charge in [0.15, 0.2) is 0 Å². The Balaban J connectivity index is 2.00. The fourth-order valence-electron chi connectivity index (χ4n) is 2.18. The third-order valence-corrected chi connectivity index (χ3v) is 3.13. The van der Waals surface area contributed by atoms with Gasteiger partial charge in [-0.2, -0.15) is 4.98 Å². The van der Waals surface area contributed by atoms with Crippen LogP contribution in [-0.2, 0) is 0 Å². The molecule has 3 aromatic rings. The van der Waals surface area contributed by atoms with E-state index in [1.807, 2.05) is 24.3 Å². The third-order valence-electron chi connectivity index (χ3n) is 3.13. The number of nitrogens with zero attached hydrogens (tertiary/aromatic N) is 2. The summed E-state index contributed by atoms with van der Waals surface area (Å²) in [5, 5.41) is 7.41.